The molecule has 2 N–H and O–H groups in total. The number of para-hydroxylation sites is 1. The summed E-state index contributed by atoms with van der Waals surface area (Å²) in [6.45, 7) is 1.27. The van der Waals surface area contributed by atoms with E-state index in [1.807, 2.05) is 0 Å². The minimum absolute atomic E-state index is 0.267. The molecule has 0 radical (unpaired) electrons. The van der Waals surface area contributed by atoms with Crippen molar-refractivity contribution in [1.29, 1.82) is 0 Å². The first-order valence-corrected chi connectivity index (χ1v) is 10.3. The minimum Gasteiger partial charge on any atom is -0.426 e. The number of benzene rings is 2. The summed E-state index contributed by atoms with van der Waals surface area (Å²) < 4.78 is 6.01. The molecule has 1 aromatic heterocycles. The number of aromatic nitrogens is 1. The summed E-state index contributed by atoms with van der Waals surface area (Å²) in [5, 5.41) is 3.69. The molecule has 0 aliphatic carbocycles. The highest BCUT2D eigenvalue weighted by molar-refractivity contribution is 7.22. The van der Waals surface area contributed by atoms with Gasteiger partial charge in [0.1, 0.15) is 17.2 Å². The van der Waals surface area contributed by atoms with Crippen molar-refractivity contribution >= 4 is 67.8 Å². The van der Waals surface area contributed by atoms with Gasteiger partial charge in [0.15, 0.2) is 5.13 Å². The molecular formula is C19H14Cl2N4O4S. The van der Waals surface area contributed by atoms with Crippen LogP contribution in [0.4, 0.5) is 9.93 Å². The largest absolute Gasteiger partial charge is 0.426 e. The summed E-state index contributed by atoms with van der Waals surface area (Å²) in [7, 11) is 0. The molecule has 2 heterocycles. The fourth-order valence-electron chi connectivity index (χ4n) is 3.03. The van der Waals surface area contributed by atoms with Crippen molar-refractivity contribution in [2.75, 3.05) is 5.32 Å². The molecule has 1 aliphatic heterocycles. The summed E-state index contributed by atoms with van der Waals surface area (Å²) in [4.78, 5) is 40.4. The highest BCUT2D eigenvalue weighted by atomic mass is 35.5. The van der Waals surface area contributed by atoms with Crippen LogP contribution in [0.1, 0.15) is 18.5 Å². The average Bonchev–Trinajstić information content (AvgIpc) is 3.09. The topological polar surface area (TPSA) is 101 Å². The Hall–Kier alpha value is -2.88. The second-order valence-electron chi connectivity index (χ2n) is 6.38. The molecule has 30 heavy (non-hydrogen) atoms. The second-order valence-corrected chi connectivity index (χ2v) is 8.32. The molecule has 1 aliphatic rings. The van der Waals surface area contributed by atoms with Gasteiger partial charge < -0.3 is 4.74 Å². The molecule has 1 fully saturated rings. The standard InChI is InChI=1S/C19H14Cl2N4O4S/c1-9(26)29-13-5-3-2-4-11(13)16-15(21)17(27)25(16)24-18(28)23-19-22-12-7-6-10(20)8-14(12)30-19/h2-8,15-16H,1H3,(H2,22,23,24,28). The van der Waals surface area contributed by atoms with Gasteiger partial charge in [-0.05, 0) is 24.3 Å². The van der Waals surface area contributed by atoms with Crippen molar-refractivity contribution < 1.29 is 19.1 Å². The molecule has 2 unspecified atom stereocenters. The van der Waals surface area contributed by atoms with Crippen LogP contribution in [0.3, 0.4) is 0 Å². The van der Waals surface area contributed by atoms with Gasteiger partial charge in [-0.1, -0.05) is 41.1 Å². The number of carbonyl (C=O) groups excluding carboxylic acids is 3. The van der Waals surface area contributed by atoms with Gasteiger partial charge in [-0.2, -0.15) is 0 Å². The molecular weight excluding hydrogens is 451 g/mol. The van der Waals surface area contributed by atoms with Crippen LogP contribution in [0.25, 0.3) is 10.2 Å². The van der Waals surface area contributed by atoms with Crippen molar-refractivity contribution in [3.63, 3.8) is 0 Å². The molecule has 154 valence electrons. The summed E-state index contributed by atoms with van der Waals surface area (Å²) in [6, 6.07) is 10.5. The highest BCUT2D eigenvalue weighted by Gasteiger charge is 2.49. The Labute approximate surface area is 184 Å². The van der Waals surface area contributed by atoms with E-state index in [1.54, 1.807) is 42.5 Å². The third-order valence-electron chi connectivity index (χ3n) is 4.31. The number of carbonyl (C=O) groups is 3. The van der Waals surface area contributed by atoms with Crippen LogP contribution in [0, 0.1) is 0 Å². The number of β-lactam (4-membered cyclic amide) rings is 1. The number of nitrogens with one attached hydrogen (secondary N) is 2. The van der Waals surface area contributed by atoms with E-state index in [-0.39, 0.29) is 5.75 Å². The number of rotatable bonds is 4. The van der Waals surface area contributed by atoms with E-state index < -0.39 is 29.3 Å². The summed E-state index contributed by atoms with van der Waals surface area (Å²) in [5.41, 5.74) is 3.67. The Kier molecular flexibility index (Phi) is 5.50. The van der Waals surface area contributed by atoms with E-state index in [4.69, 9.17) is 27.9 Å². The van der Waals surface area contributed by atoms with Crippen LogP contribution >= 0.6 is 34.5 Å². The average molecular weight is 465 g/mol. The lowest BCUT2D eigenvalue weighted by molar-refractivity contribution is -0.149. The van der Waals surface area contributed by atoms with Gasteiger partial charge in [0.25, 0.3) is 5.91 Å². The normalized spacial score (nSPS) is 18.1. The SMILES string of the molecule is CC(=O)Oc1ccccc1C1C(Cl)C(=O)N1NC(=O)Nc1nc2ccc(Cl)cc2s1. The molecule has 0 spiro atoms. The Morgan fingerprint density at radius 2 is 2.00 bits per heavy atom. The first kappa shape index (κ1) is 20.4. The van der Waals surface area contributed by atoms with Gasteiger partial charge >= 0.3 is 12.0 Å². The summed E-state index contributed by atoms with van der Waals surface area (Å²) >= 11 is 13.4. The van der Waals surface area contributed by atoms with E-state index in [1.165, 1.54) is 18.3 Å². The van der Waals surface area contributed by atoms with Gasteiger partial charge in [0.2, 0.25) is 0 Å². The molecule has 11 heteroatoms. The van der Waals surface area contributed by atoms with Crippen molar-refractivity contribution in [2.24, 2.45) is 0 Å². The van der Waals surface area contributed by atoms with E-state index in [0.717, 1.165) is 9.71 Å². The third kappa shape index (κ3) is 3.91. The van der Waals surface area contributed by atoms with Gasteiger partial charge in [0.05, 0.1) is 10.2 Å². The van der Waals surface area contributed by atoms with Crippen LogP contribution in [0.15, 0.2) is 42.5 Å². The number of halogens is 2. The van der Waals surface area contributed by atoms with Gasteiger partial charge in [0, 0.05) is 17.5 Å². The Morgan fingerprint density at radius 1 is 1.23 bits per heavy atom. The number of fused-ring (bicyclic) bond motifs is 1. The predicted molar refractivity (Wildman–Crippen MR) is 114 cm³/mol. The second kappa shape index (κ2) is 8.10. The number of urea groups is 1. The number of nitrogens with zero attached hydrogens (tertiary/aromatic N) is 2. The van der Waals surface area contributed by atoms with E-state index >= 15 is 0 Å². The third-order valence-corrected chi connectivity index (χ3v) is 5.91. The van der Waals surface area contributed by atoms with E-state index in [2.05, 4.69) is 15.7 Å². The lowest BCUT2D eigenvalue weighted by atomic mass is 9.94. The number of thiazole rings is 1. The zero-order chi connectivity index (χ0) is 21.4. The monoisotopic (exact) mass is 464 g/mol. The number of alkyl halides is 1. The van der Waals surface area contributed by atoms with Gasteiger partial charge in [-0.3, -0.25) is 14.9 Å². The van der Waals surface area contributed by atoms with Crippen molar-refractivity contribution in [3.8, 4) is 5.75 Å². The maximum Gasteiger partial charge on any atom is 0.339 e. The van der Waals surface area contributed by atoms with Crippen LogP contribution in [0.2, 0.25) is 5.02 Å². The number of amides is 3. The molecule has 4 rings (SSSR count). The van der Waals surface area contributed by atoms with Crippen molar-refractivity contribution in [3.05, 3.63) is 53.1 Å². The fourth-order valence-corrected chi connectivity index (χ4v) is 4.52. The molecule has 1 saturated heterocycles. The number of anilines is 1. The summed E-state index contributed by atoms with van der Waals surface area (Å²) in [6.07, 6.45) is 0. The summed E-state index contributed by atoms with van der Waals surface area (Å²) in [5.74, 6) is -0.721. The molecule has 0 saturated carbocycles. The molecule has 2 aromatic carbocycles. The van der Waals surface area contributed by atoms with E-state index in [9.17, 15) is 14.4 Å². The van der Waals surface area contributed by atoms with Crippen LogP contribution < -0.4 is 15.5 Å². The first-order valence-electron chi connectivity index (χ1n) is 8.71. The van der Waals surface area contributed by atoms with Crippen LogP contribution in [-0.2, 0) is 9.59 Å². The smallest absolute Gasteiger partial charge is 0.339 e. The van der Waals surface area contributed by atoms with Gasteiger partial charge in [-0.15, -0.1) is 11.6 Å². The number of hydrogen-bond donors (Lipinski definition) is 2. The lowest BCUT2D eigenvalue weighted by Crippen LogP contribution is -2.63. The van der Waals surface area contributed by atoms with Crippen molar-refractivity contribution in [2.45, 2.75) is 18.3 Å². The zero-order valence-electron chi connectivity index (χ0n) is 15.4. The van der Waals surface area contributed by atoms with E-state index in [0.29, 0.717) is 21.2 Å². The molecule has 0 bridgehead atoms. The molecule has 3 aromatic rings. The Bertz CT molecular complexity index is 1170. The van der Waals surface area contributed by atoms with Crippen LogP contribution in [-0.4, -0.2) is 33.3 Å². The minimum atomic E-state index is -0.911. The molecule has 3 amide bonds. The van der Waals surface area contributed by atoms with Gasteiger partial charge in [-0.25, -0.2) is 20.2 Å². The first-order chi connectivity index (χ1) is 14.3. The fraction of sp³-hybridized carbons (Fsp3) is 0.158. The molecule has 2 atom stereocenters. The number of hydrogen-bond acceptors (Lipinski definition) is 6. The quantitative estimate of drug-likeness (QED) is 0.262. The Morgan fingerprint density at radius 3 is 2.77 bits per heavy atom. The maximum absolute atomic E-state index is 12.4. The highest BCUT2D eigenvalue weighted by Crippen LogP contribution is 2.41. The number of hydrazine groups is 1. The molecule has 8 nitrogen and oxygen atoms in total. The lowest BCUT2D eigenvalue weighted by Gasteiger charge is -2.44. The Balaban J connectivity index is 1.51. The van der Waals surface area contributed by atoms with Crippen molar-refractivity contribution in [1.82, 2.24) is 15.4 Å². The predicted octanol–water partition coefficient (Wildman–Crippen LogP) is 4.10. The number of esters is 1. The van der Waals surface area contributed by atoms with Crippen LogP contribution in [0.5, 0.6) is 5.75 Å². The maximum atomic E-state index is 12.4. The number of ether oxygens (including phenoxy) is 1. The zero-order valence-corrected chi connectivity index (χ0v) is 17.7.